The van der Waals surface area contributed by atoms with Crippen molar-refractivity contribution in [3.63, 3.8) is 0 Å². The van der Waals surface area contributed by atoms with Gasteiger partial charge in [-0.15, -0.1) is 0 Å². The topological polar surface area (TPSA) is 70.0 Å². The molecule has 2 aromatic rings. The second kappa shape index (κ2) is 9.41. The highest BCUT2D eigenvalue weighted by atomic mass is 16.5. The Balaban J connectivity index is 1.43. The van der Waals surface area contributed by atoms with Gasteiger partial charge in [0, 0.05) is 31.9 Å². The van der Waals surface area contributed by atoms with Gasteiger partial charge in [0.1, 0.15) is 18.1 Å². The van der Waals surface area contributed by atoms with E-state index in [-0.39, 0.29) is 11.9 Å². The molecule has 28 heavy (non-hydrogen) atoms. The fourth-order valence-electron chi connectivity index (χ4n) is 3.51. The van der Waals surface area contributed by atoms with Crippen molar-refractivity contribution >= 4 is 11.9 Å². The summed E-state index contributed by atoms with van der Waals surface area (Å²) in [4.78, 5) is 25.7. The lowest BCUT2D eigenvalue weighted by Gasteiger charge is -2.33. The lowest BCUT2D eigenvalue weighted by Crippen LogP contribution is -2.37. The Labute approximate surface area is 164 Å². The van der Waals surface area contributed by atoms with E-state index in [9.17, 15) is 9.59 Å². The zero-order chi connectivity index (χ0) is 19.9. The Bertz CT molecular complexity index is 791. The summed E-state index contributed by atoms with van der Waals surface area (Å²) in [5.74, 6) is 0.0871. The molecular weight excluding hydrogens is 360 g/mol. The minimum atomic E-state index is -0.354. The first-order valence-electron chi connectivity index (χ1n) is 9.41. The molecule has 0 saturated carbocycles. The zero-order valence-electron chi connectivity index (χ0n) is 16.3. The highest BCUT2D eigenvalue weighted by Gasteiger charge is 2.23. The molecular formula is C21H26N2O5. The molecule has 7 heteroatoms. The number of esters is 2. The standard InChI is InChI=1S/C21H26N2O5/c1-26-20(24)16-5-7-18(8-6-16)28-15-14-22-12-9-17(10-13-22)23-11-3-4-19(23)21(25)27-2/h3-8,11,17H,9-10,12-15H2,1-2H3. The number of methoxy groups -OCH3 is 2. The maximum absolute atomic E-state index is 11.9. The lowest BCUT2D eigenvalue weighted by molar-refractivity contribution is 0.0578. The van der Waals surface area contributed by atoms with E-state index in [1.807, 2.05) is 16.8 Å². The molecule has 0 unspecified atom stereocenters. The van der Waals surface area contributed by atoms with Crippen LogP contribution in [0.15, 0.2) is 42.6 Å². The second-order valence-corrected chi connectivity index (χ2v) is 6.73. The Hall–Kier alpha value is -2.80. The normalized spacial score (nSPS) is 15.2. The second-order valence-electron chi connectivity index (χ2n) is 6.73. The summed E-state index contributed by atoms with van der Waals surface area (Å²) in [6.07, 6.45) is 3.91. The number of nitrogens with zero attached hydrogens (tertiary/aromatic N) is 2. The molecule has 0 N–H and O–H groups in total. The highest BCUT2D eigenvalue weighted by Crippen LogP contribution is 2.25. The zero-order valence-corrected chi connectivity index (χ0v) is 16.3. The Morgan fingerprint density at radius 3 is 2.32 bits per heavy atom. The molecule has 1 fully saturated rings. The quantitative estimate of drug-likeness (QED) is 0.682. The summed E-state index contributed by atoms with van der Waals surface area (Å²) in [7, 11) is 2.77. The van der Waals surface area contributed by atoms with Gasteiger partial charge in [-0.1, -0.05) is 0 Å². The van der Waals surface area contributed by atoms with Crippen LogP contribution in [0.4, 0.5) is 0 Å². The van der Waals surface area contributed by atoms with Crippen molar-refractivity contribution in [2.45, 2.75) is 18.9 Å². The first kappa shape index (κ1) is 19.9. The fraction of sp³-hybridized carbons (Fsp3) is 0.429. The summed E-state index contributed by atoms with van der Waals surface area (Å²) in [5, 5.41) is 0. The van der Waals surface area contributed by atoms with E-state index >= 15 is 0 Å². The van der Waals surface area contributed by atoms with E-state index in [1.54, 1.807) is 30.3 Å². The SMILES string of the molecule is COC(=O)c1ccc(OCCN2CCC(n3cccc3C(=O)OC)CC2)cc1. The van der Waals surface area contributed by atoms with Crippen LogP contribution in [0.2, 0.25) is 0 Å². The predicted molar refractivity (Wildman–Crippen MR) is 104 cm³/mol. The molecule has 0 spiro atoms. The largest absolute Gasteiger partial charge is 0.492 e. The van der Waals surface area contributed by atoms with Crippen molar-refractivity contribution in [3.8, 4) is 5.75 Å². The number of hydrogen-bond donors (Lipinski definition) is 0. The van der Waals surface area contributed by atoms with Crippen LogP contribution in [0.3, 0.4) is 0 Å². The molecule has 1 aliphatic heterocycles. The number of rotatable bonds is 7. The molecule has 0 aliphatic carbocycles. The number of ether oxygens (including phenoxy) is 3. The molecule has 1 saturated heterocycles. The van der Waals surface area contributed by atoms with Crippen molar-refractivity contribution < 1.29 is 23.8 Å². The third kappa shape index (κ3) is 4.72. The summed E-state index contributed by atoms with van der Waals surface area (Å²) >= 11 is 0. The third-order valence-corrected chi connectivity index (χ3v) is 5.08. The van der Waals surface area contributed by atoms with Gasteiger partial charge in [-0.25, -0.2) is 9.59 Å². The van der Waals surface area contributed by atoms with Crippen molar-refractivity contribution in [2.75, 3.05) is 40.5 Å². The monoisotopic (exact) mass is 386 g/mol. The smallest absolute Gasteiger partial charge is 0.354 e. The number of benzene rings is 1. The lowest BCUT2D eigenvalue weighted by atomic mass is 10.0. The van der Waals surface area contributed by atoms with Gasteiger partial charge >= 0.3 is 11.9 Å². The van der Waals surface area contributed by atoms with E-state index in [4.69, 9.17) is 9.47 Å². The van der Waals surface area contributed by atoms with Crippen molar-refractivity contribution in [1.82, 2.24) is 9.47 Å². The molecule has 150 valence electrons. The minimum absolute atomic E-state index is 0.293. The number of carbonyl (C=O) groups excluding carboxylic acids is 2. The number of hydrogen-bond acceptors (Lipinski definition) is 6. The molecule has 2 heterocycles. The number of carbonyl (C=O) groups is 2. The van der Waals surface area contributed by atoms with Crippen molar-refractivity contribution in [1.29, 1.82) is 0 Å². The first-order valence-corrected chi connectivity index (χ1v) is 9.41. The molecule has 0 atom stereocenters. The van der Waals surface area contributed by atoms with Crippen molar-refractivity contribution in [2.24, 2.45) is 0 Å². The summed E-state index contributed by atoms with van der Waals surface area (Å²) < 4.78 is 17.4. The van der Waals surface area contributed by atoms with Crippen LogP contribution in [-0.4, -0.2) is 61.9 Å². The number of piperidine rings is 1. The highest BCUT2D eigenvalue weighted by molar-refractivity contribution is 5.89. The van der Waals surface area contributed by atoms with Crippen LogP contribution < -0.4 is 4.74 Å². The van der Waals surface area contributed by atoms with Crippen LogP contribution in [-0.2, 0) is 9.47 Å². The van der Waals surface area contributed by atoms with Gasteiger partial charge in [-0.2, -0.15) is 0 Å². The first-order chi connectivity index (χ1) is 13.6. The average Bonchev–Trinajstić information content (AvgIpc) is 3.23. The molecule has 0 amide bonds. The summed E-state index contributed by atoms with van der Waals surface area (Å²) in [6, 6.07) is 10.9. The van der Waals surface area contributed by atoms with Gasteiger partial charge in [0.15, 0.2) is 0 Å². The minimum Gasteiger partial charge on any atom is -0.492 e. The van der Waals surface area contributed by atoms with Gasteiger partial charge in [0.2, 0.25) is 0 Å². The van der Waals surface area contributed by atoms with Crippen LogP contribution in [0.25, 0.3) is 0 Å². The van der Waals surface area contributed by atoms with Crippen LogP contribution in [0.1, 0.15) is 39.7 Å². The van der Waals surface area contributed by atoms with E-state index in [2.05, 4.69) is 9.64 Å². The van der Waals surface area contributed by atoms with Crippen LogP contribution in [0, 0.1) is 0 Å². The molecule has 0 bridgehead atoms. The van der Waals surface area contributed by atoms with Gasteiger partial charge in [-0.3, -0.25) is 4.90 Å². The molecule has 3 rings (SSSR count). The maximum Gasteiger partial charge on any atom is 0.354 e. The Kier molecular flexibility index (Phi) is 6.71. The maximum atomic E-state index is 11.9. The van der Waals surface area contributed by atoms with E-state index in [1.165, 1.54) is 14.2 Å². The molecule has 1 aromatic carbocycles. The summed E-state index contributed by atoms with van der Waals surface area (Å²) in [6.45, 7) is 3.32. The molecule has 0 radical (unpaired) electrons. The molecule has 7 nitrogen and oxygen atoms in total. The van der Waals surface area contributed by atoms with Gasteiger partial charge < -0.3 is 18.8 Å². The average molecular weight is 386 g/mol. The van der Waals surface area contributed by atoms with Gasteiger partial charge in [0.05, 0.1) is 19.8 Å². The number of likely N-dealkylation sites (tertiary alicyclic amines) is 1. The van der Waals surface area contributed by atoms with E-state index in [0.717, 1.165) is 38.2 Å². The van der Waals surface area contributed by atoms with Gasteiger partial charge in [0.25, 0.3) is 0 Å². The number of aromatic nitrogens is 1. The fourth-order valence-corrected chi connectivity index (χ4v) is 3.51. The van der Waals surface area contributed by atoms with E-state index in [0.29, 0.717) is 23.9 Å². The molecule has 1 aliphatic rings. The summed E-state index contributed by atoms with van der Waals surface area (Å²) in [5.41, 5.74) is 1.12. The van der Waals surface area contributed by atoms with Crippen LogP contribution in [0.5, 0.6) is 5.75 Å². The molecule has 1 aromatic heterocycles. The van der Waals surface area contributed by atoms with Crippen LogP contribution >= 0.6 is 0 Å². The third-order valence-electron chi connectivity index (χ3n) is 5.08. The predicted octanol–water partition coefficient (Wildman–Crippen LogP) is 2.78. The Morgan fingerprint density at radius 1 is 1.00 bits per heavy atom. The van der Waals surface area contributed by atoms with Gasteiger partial charge in [-0.05, 0) is 49.2 Å². The Morgan fingerprint density at radius 2 is 1.68 bits per heavy atom. The van der Waals surface area contributed by atoms with Crippen molar-refractivity contribution in [3.05, 3.63) is 53.9 Å². The van der Waals surface area contributed by atoms with E-state index < -0.39 is 0 Å².